The summed E-state index contributed by atoms with van der Waals surface area (Å²) in [6, 6.07) is 3.32. The summed E-state index contributed by atoms with van der Waals surface area (Å²) in [5, 5.41) is 31.7. The third kappa shape index (κ3) is 7.19. The van der Waals surface area contributed by atoms with Crippen LogP contribution in [0.15, 0.2) is 64.6 Å². The number of hydrogen-bond donors (Lipinski definition) is 0. The van der Waals surface area contributed by atoms with Crippen molar-refractivity contribution in [2.75, 3.05) is 0 Å². The summed E-state index contributed by atoms with van der Waals surface area (Å²) in [6.45, 7) is 4.39. The van der Waals surface area contributed by atoms with E-state index in [2.05, 4.69) is 13.3 Å². The molecule has 0 aromatic carbocycles. The van der Waals surface area contributed by atoms with E-state index in [0.717, 1.165) is 18.2 Å². The molecule has 0 aliphatic rings. The molecule has 0 N–H and O–H groups in total. The smallest absolute Gasteiger partial charge is 0.868 e. The van der Waals surface area contributed by atoms with E-state index in [4.69, 9.17) is 0 Å². The Morgan fingerprint density at radius 3 is 0.929 bits per heavy atom. The van der Waals surface area contributed by atoms with Crippen molar-refractivity contribution in [2.45, 2.75) is 20.8 Å². The van der Waals surface area contributed by atoms with E-state index < -0.39 is 33.5 Å². The summed E-state index contributed by atoms with van der Waals surface area (Å²) in [5.41, 5.74) is -1.55. The Hall–Kier alpha value is -3.22. The average Bonchev–Trinajstić information content (AvgIpc) is 2.63. The fraction of sp³-hybridized carbons (Fsp3) is 0.167. The van der Waals surface area contributed by atoms with Gasteiger partial charge in [-0.1, -0.05) is 0 Å². The summed E-state index contributed by atoms with van der Waals surface area (Å²) in [7, 11) is 0. The van der Waals surface area contributed by atoms with Gasteiger partial charge in [0, 0.05) is 18.2 Å². The Balaban J connectivity index is 0.000000384. The van der Waals surface area contributed by atoms with Crippen molar-refractivity contribution < 1.29 is 45.9 Å². The van der Waals surface area contributed by atoms with Crippen LogP contribution in [0.5, 0.6) is 17.2 Å². The van der Waals surface area contributed by atoms with Crippen LogP contribution in [0.4, 0.5) is 0 Å². The second-order valence-electron chi connectivity index (χ2n) is 5.01. The van der Waals surface area contributed by atoms with Gasteiger partial charge in [-0.15, -0.1) is 0 Å². The summed E-state index contributed by atoms with van der Waals surface area (Å²) < 4.78 is 13.9. The molecule has 0 atom stereocenters. The van der Waals surface area contributed by atoms with Crippen LogP contribution < -0.4 is 31.6 Å². The van der Waals surface area contributed by atoms with Gasteiger partial charge in [-0.3, -0.25) is 14.4 Å². The van der Waals surface area contributed by atoms with E-state index in [0.29, 0.717) is 0 Å². The molecular formula is C18H15CrO9. The van der Waals surface area contributed by atoms with Crippen LogP contribution in [0, 0.1) is 20.8 Å². The Morgan fingerprint density at radius 2 is 0.786 bits per heavy atom. The first-order valence-electron chi connectivity index (χ1n) is 7.41. The quantitative estimate of drug-likeness (QED) is 0.483. The van der Waals surface area contributed by atoms with Crippen LogP contribution in [0.1, 0.15) is 17.3 Å². The topological polar surface area (TPSA) is 160 Å². The van der Waals surface area contributed by atoms with Crippen molar-refractivity contribution in [3.63, 3.8) is 0 Å². The normalized spacial score (nSPS) is 9.11. The van der Waals surface area contributed by atoms with E-state index in [1.54, 1.807) is 0 Å². The van der Waals surface area contributed by atoms with Crippen molar-refractivity contribution in [2.24, 2.45) is 0 Å². The standard InChI is InChI=1S/3C6H6O3.Cr/c3*1-4-6(8)5(7)2-3-9-4;/h3*2-3,8H,1H3;/q;;;+3/p-3. The van der Waals surface area contributed by atoms with E-state index in [1.807, 2.05) is 0 Å². The SMILES string of the molecule is Cc1occc(=O)c1[O-].Cc1occc(=O)c1[O-].Cc1occc(=O)c1[O-].[Cr+3]. The molecule has 10 heteroatoms. The molecule has 1 radical (unpaired) electrons. The van der Waals surface area contributed by atoms with Crippen LogP contribution in [-0.2, 0) is 17.4 Å². The maximum atomic E-state index is 10.6. The molecule has 3 aromatic rings. The van der Waals surface area contributed by atoms with Crippen molar-refractivity contribution in [3.8, 4) is 17.2 Å². The van der Waals surface area contributed by atoms with Gasteiger partial charge in [0.1, 0.15) is 0 Å². The number of rotatable bonds is 0. The first-order valence-corrected chi connectivity index (χ1v) is 7.41. The molecule has 0 saturated carbocycles. The molecule has 147 valence electrons. The molecule has 3 heterocycles. The molecule has 0 spiro atoms. The zero-order valence-corrected chi connectivity index (χ0v) is 16.3. The molecule has 0 amide bonds. The Bertz CT molecular complexity index is 927. The molecule has 3 rings (SSSR count). The van der Waals surface area contributed by atoms with E-state index in [1.165, 1.54) is 39.6 Å². The van der Waals surface area contributed by atoms with Gasteiger partial charge < -0.3 is 28.6 Å². The zero-order valence-electron chi connectivity index (χ0n) is 15.0. The molecule has 0 aliphatic carbocycles. The van der Waals surface area contributed by atoms with Crippen LogP contribution >= 0.6 is 0 Å². The molecular weight excluding hydrogens is 412 g/mol. The van der Waals surface area contributed by atoms with Gasteiger partial charge >= 0.3 is 17.4 Å². The maximum Gasteiger partial charge on any atom is 3.00 e. The summed E-state index contributed by atoms with van der Waals surface area (Å²) in [6.07, 6.45) is 3.62. The van der Waals surface area contributed by atoms with Gasteiger partial charge in [0.15, 0.2) is 16.3 Å². The van der Waals surface area contributed by atoms with Crippen LogP contribution in [0.3, 0.4) is 0 Å². The number of aryl methyl sites for hydroxylation is 3. The maximum absolute atomic E-state index is 10.6. The first-order chi connectivity index (χ1) is 12.6. The van der Waals surface area contributed by atoms with Crippen molar-refractivity contribution in [3.05, 3.63) is 84.9 Å². The monoisotopic (exact) mass is 427 g/mol. The molecule has 0 aliphatic heterocycles. The van der Waals surface area contributed by atoms with Gasteiger partial charge in [-0.2, -0.15) is 0 Å². The minimum atomic E-state index is -0.558. The van der Waals surface area contributed by atoms with Gasteiger partial charge in [0.25, 0.3) is 0 Å². The van der Waals surface area contributed by atoms with Gasteiger partial charge in [0.2, 0.25) is 0 Å². The van der Waals surface area contributed by atoms with E-state index >= 15 is 0 Å². The third-order valence-electron chi connectivity index (χ3n) is 3.02. The summed E-state index contributed by atoms with van der Waals surface area (Å²) >= 11 is 0. The van der Waals surface area contributed by atoms with E-state index in [-0.39, 0.29) is 34.6 Å². The van der Waals surface area contributed by atoms with Crippen molar-refractivity contribution in [1.82, 2.24) is 0 Å². The number of hydrogen-bond acceptors (Lipinski definition) is 9. The predicted molar refractivity (Wildman–Crippen MR) is 87.5 cm³/mol. The zero-order chi connectivity index (χ0) is 20.6. The average molecular weight is 427 g/mol. The molecule has 3 aromatic heterocycles. The summed E-state index contributed by atoms with van der Waals surface area (Å²) in [5.74, 6) is -1.25. The summed E-state index contributed by atoms with van der Waals surface area (Å²) in [4.78, 5) is 31.4. The Labute approximate surface area is 169 Å². The van der Waals surface area contributed by atoms with Crippen LogP contribution in [0.2, 0.25) is 0 Å². The fourth-order valence-corrected chi connectivity index (χ4v) is 1.50. The molecule has 0 unspecified atom stereocenters. The van der Waals surface area contributed by atoms with Crippen molar-refractivity contribution >= 4 is 0 Å². The molecule has 0 fully saturated rings. The third-order valence-corrected chi connectivity index (χ3v) is 3.02. The Kier molecular flexibility index (Phi) is 10.2. The van der Waals surface area contributed by atoms with Gasteiger partial charge in [0.05, 0.1) is 36.1 Å². The molecule has 9 nitrogen and oxygen atoms in total. The van der Waals surface area contributed by atoms with Crippen LogP contribution in [-0.4, -0.2) is 0 Å². The molecule has 0 bridgehead atoms. The minimum Gasteiger partial charge on any atom is -0.868 e. The Morgan fingerprint density at radius 1 is 0.571 bits per heavy atom. The first kappa shape index (κ1) is 24.8. The van der Waals surface area contributed by atoms with Crippen LogP contribution in [0.25, 0.3) is 0 Å². The van der Waals surface area contributed by atoms with Gasteiger partial charge in [-0.25, -0.2) is 0 Å². The van der Waals surface area contributed by atoms with Crippen molar-refractivity contribution in [1.29, 1.82) is 0 Å². The fourth-order valence-electron chi connectivity index (χ4n) is 1.50. The largest absolute Gasteiger partial charge is 3.00 e. The molecule has 28 heavy (non-hydrogen) atoms. The molecule has 0 saturated heterocycles. The second kappa shape index (κ2) is 11.5. The second-order valence-corrected chi connectivity index (χ2v) is 5.01. The predicted octanol–water partition coefficient (Wildman–Crippen LogP) is 0.0630. The van der Waals surface area contributed by atoms with Gasteiger partial charge in [-0.05, 0) is 38.0 Å². The minimum absolute atomic E-state index is 0. The van der Waals surface area contributed by atoms with E-state index in [9.17, 15) is 29.7 Å².